The summed E-state index contributed by atoms with van der Waals surface area (Å²) in [6.07, 6.45) is 2.45. The third-order valence-electron chi connectivity index (χ3n) is 3.81. The number of morpholine rings is 1. The number of hydrogen-bond acceptors (Lipinski definition) is 4. The molecule has 0 bridgehead atoms. The fourth-order valence-electron chi connectivity index (χ4n) is 2.69. The maximum absolute atomic E-state index is 5.59. The monoisotopic (exact) mass is 242 g/mol. The fraction of sp³-hybridized carbons (Fsp3) is 1.00. The zero-order valence-electron chi connectivity index (χ0n) is 11.0. The largest absolute Gasteiger partial charge is 0.381 e. The number of ether oxygens (including phenoxy) is 2. The highest BCUT2D eigenvalue weighted by molar-refractivity contribution is 4.80. The van der Waals surface area contributed by atoms with Gasteiger partial charge in [-0.05, 0) is 25.3 Å². The molecule has 0 radical (unpaired) electrons. The molecule has 0 aromatic carbocycles. The molecule has 2 aliphatic rings. The normalized spacial score (nSPS) is 28.4. The second-order valence-corrected chi connectivity index (χ2v) is 5.09. The SMILES string of the molecule is CCNCC1COCCN1CC1CCOCC1. The van der Waals surface area contributed by atoms with E-state index in [-0.39, 0.29) is 0 Å². The van der Waals surface area contributed by atoms with Crippen molar-refractivity contribution in [1.82, 2.24) is 10.2 Å². The molecule has 0 aromatic heterocycles. The van der Waals surface area contributed by atoms with Crippen LogP contribution in [0.2, 0.25) is 0 Å². The Morgan fingerprint density at radius 1 is 1.18 bits per heavy atom. The van der Waals surface area contributed by atoms with E-state index in [1.165, 1.54) is 19.4 Å². The lowest BCUT2D eigenvalue weighted by Crippen LogP contribution is -2.52. The highest BCUT2D eigenvalue weighted by Gasteiger charge is 2.25. The second kappa shape index (κ2) is 7.31. The molecule has 17 heavy (non-hydrogen) atoms. The van der Waals surface area contributed by atoms with Crippen LogP contribution in [-0.2, 0) is 9.47 Å². The third kappa shape index (κ3) is 4.21. The van der Waals surface area contributed by atoms with Gasteiger partial charge in [0.2, 0.25) is 0 Å². The molecule has 0 amide bonds. The maximum atomic E-state index is 5.59. The van der Waals surface area contributed by atoms with E-state index in [4.69, 9.17) is 9.47 Å². The van der Waals surface area contributed by atoms with E-state index in [9.17, 15) is 0 Å². The average molecular weight is 242 g/mol. The molecule has 4 heteroatoms. The van der Waals surface area contributed by atoms with Crippen molar-refractivity contribution in [3.8, 4) is 0 Å². The molecule has 2 aliphatic heterocycles. The van der Waals surface area contributed by atoms with E-state index < -0.39 is 0 Å². The summed E-state index contributed by atoms with van der Waals surface area (Å²) in [6.45, 7) is 10.3. The van der Waals surface area contributed by atoms with Crippen LogP contribution in [0.4, 0.5) is 0 Å². The quantitative estimate of drug-likeness (QED) is 0.770. The van der Waals surface area contributed by atoms with Crippen molar-refractivity contribution in [3.63, 3.8) is 0 Å². The van der Waals surface area contributed by atoms with Crippen LogP contribution in [0.3, 0.4) is 0 Å². The molecule has 2 fully saturated rings. The van der Waals surface area contributed by atoms with E-state index in [0.717, 1.165) is 52.0 Å². The summed E-state index contributed by atoms with van der Waals surface area (Å²) in [5, 5.41) is 3.44. The summed E-state index contributed by atoms with van der Waals surface area (Å²) >= 11 is 0. The Bertz CT molecular complexity index is 208. The number of nitrogens with one attached hydrogen (secondary N) is 1. The molecule has 2 rings (SSSR count). The summed E-state index contributed by atoms with van der Waals surface area (Å²) in [5.41, 5.74) is 0. The number of hydrogen-bond donors (Lipinski definition) is 1. The minimum atomic E-state index is 0.562. The molecular formula is C13H26N2O2. The van der Waals surface area contributed by atoms with Crippen molar-refractivity contribution in [2.75, 3.05) is 52.6 Å². The standard InChI is InChI=1S/C13H26N2O2/c1-2-14-9-13-11-17-8-5-15(13)10-12-3-6-16-7-4-12/h12-14H,2-11H2,1H3. The third-order valence-corrected chi connectivity index (χ3v) is 3.81. The molecule has 1 unspecified atom stereocenters. The van der Waals surface area contributed by atoms with Gasteiger partial charge < -0.3 is 14.8 Å². The average Bonchev–Trinajstić information content (AvgIpc) is 2.39. The van der Waals surface area contributed by atoms with Gasteiger partial charge in [0, 0.05) is 38.9 Å². The van der Waals surface area contributed by atoms with E-state index in [2.05, 4.69) is 17.1 Å². The lowest BCUT2D eigenvalue weighted by molar-refractivity contribution is -0.0249. The van der Waals surface area contributed by atoms with Gasteiger partial charge in [0.05, 0.1) is 13.2 Å². The zero-order chi connectivity index (χ0) is 11.9. The summed E-state index contributed by atoms with van der Waals surface area (Å²) < 4.78 is 11.0. The van der Waals surface area contributed by atoms with Gasteiger partial charge in [-0.2, -0.15) is 0 Å². The summed E-state index contributed by atoms with van der Waals surface area (Å²) in [5.74, 6) is 0.825. The predicted molar refractivity (Wildman–Crippen MR) is 68.3 cm³/mol. The molecular weight excluding hydrogens is 216 g/mol. The Balaban J connectivity index is 1.78. The zero-order valence-corrected chi connectivity index (χ0v) is 11.0. The smallest absolute Gasteiger partial charge is 0.0634 e. The van der Waals surface area contributed by atoms with Crippen LogP contribution in [0.5, 0.6) is 0 Å². The Labute approximate surface area is 105 Å². The first-order chi connectivity index (χ1) is 8.40. The Hall–Kier alpha value is -0.160. The Morgan fingerprint density at radius 3 is 2.76 bits per heavy atom. The minimum absolute atomic E-state index is 0.562. The first-order valence-electron chi connectivity index (χ1n) is 7.00. The van der Waals surface area contributed by atoms with Crippen LogP contribution in [0.15, 0.2) is 0 Å². The lowest BCUT2D eigenvalue weighted by atomic mass is 9.98. The van der Waals surface area contributed by atoms with Crippen molar-refractivity contribution in [1.29, 1.82) is 0 Å². The van der Waals surface area contributed by atoms with Crippen molar-refractivity contribution >= 4 is 0 Å². The molecule has 2 heterocycles. The van der Waals surface area contributed by atoms with Crippen LogP contribution in [0.1, 0.15) is 19.8 Å². The summed E-state index contributed by atoms with van der Waals surface area (Å²) in [7, 11) is 0. The van der Waals surface area contributed by atoms with Gasteiger partial charge in [-0.25, -0.2) is 0 Å². The van der Waals surface area contributed by atoms with Crippen LogP contribution in [0.25, 0.3) is 0 Å². The predicted octanol–water partition coefficient (Wildman–Crippen LogP) is 0.723. The highest BCUT2D eigenvalue weighted by Crippen LogP contribution is 2.18. The Morgan fingerprint density at radius 2 is 2.00 bits per heavy atom. The molecule has 0 spiro atoms. The highest BCUT2D eigenvalue weighted by atomic mass is 16.5. The van der Waals surface area contributed by atoms with Crippen LogP contribution < -0.4 is 5.32 Å². The summed E-state index contributed by atoms with van der Waals surface area (Å²) in [4.78, 5) is 2.61. The topological polar surface area (TPSA) is 33.7 Å². The van der Waals surface area contributed by atoms with Gasteiger partial charge >= 0.3 is 0 Å². The number of likely N-dealkylation sites (N-methyl/N-ethyl adjacent to an activating group) is 1. The maximum Gasteiger partial charge on any atom is 0.0634 e. The van der Waals surface area contributed by atoms with Gasteiger partial charge in [0.1, 0.15) is 0 Å². The van der Waals surface area contributed by atoms with Gasteiger partial charge in [0.15, 0.2) is 0 Å². The van der Waals surface area contributed by atoms with Crippen molar-refractivity contribution in [3.05, 3.63) is 0 Å². The van der Waals surface area contributed by atoms with E-state index in [1.807, 2.05) is 0 Å². The van der Waals surface area contributed by atoms with Gasteiger partial charge in [-0.3, -0.25) is 4.90 Å². The molecule has 100 valence electrons. The molecule has 1 atom stereocenters. The second-order valence-electron chi connectivity index (χ2n) is 5.09. The lowest BCUT2D eigenvalue weighted by Gasteiger charge is -2.38. The van der Waals surface area contributed by atoms with Crippen molar-refractivity contribution < 1.29 is 9.47 Å². The molecule has 1 N–H and O–H groups in total. The Kier molecular flexibility index (Phi) is 5.71. The van der Waals surface area contributed by atoms with E-state index in [0.29, 0.717) is 6.04 Å². The molecule has 2 saturated heterocycles. The number of nitrogens with zero attached hydrogens (tertiary/aromatic N) is 1. The summed E-state index contributed by atoms with van der Waals surface area (Å²) in [6, 6.07) is 0.562. The molecule has 0 aliphatic carbocycles. The van der Waals surface area contributed by atoms with Crippen LogP contribution in [0, 0.1) is 5.92 Å². The van der Waals surface area contributed by atoms with Crippen molar-refractivity contribution in [2.24, 2.45) is 5.92 Å². The number of rotatable bonds is 5. The van der Waals surface area contributed by atoms with Crippen LogP contribution in [-0.4, -0.2) is 63.5 Å². The minimum Gasteiger partial charge on any atom is -0.381 e. The van der Waals surface area contributed by atoms with E-state index >= 15 is 0 Å². The fourth-order valence-corrected chi connectivity index (χ4v) is 2.69. The first-order valence-corrected chi connectivity index (χ1v) is 7.00. The van der Waals surface area contributed by atoms with E-state index in [1.54, 1.807) is 0 Å². The van der Waals surface area contributed by atoms with Crippen molar-refractivity contribution in [2.45, 2.75) is 25.8 Å². The van der Waals surface area contributed by atoms with Crippen LogP contribution >= 0.6 is 0 Å². The van der Waals surface area contributed by atoms with Gasteiger partial charge in [-0.15, -0.1) is 0 Å². The molecule has 4 nitrogen and oxygen atoms in total. The van der Waals surface area contributed by atoms with Gasteiger partial charge in [0.25, 0.3) is 0 Å². The first kappa shape index (κ1) is 13.3. The molecule has 0 aromatic rings. The van der Waals surface area contributed by atoms with Gasteiger partial charge in [-0.1, -0.05) is 6.92 Å². The molecule has 0 saturated carbocycles.